The minimum atomic E-state index is -4.94. The topological polar surface area (TPSA) is 64.3 Å². The van der Waals surface area contributed by atoms with Gasteiger partial charge >= 0.3 is 6.18 Å². The van der Waals surface area contributed by atoms with Crippen molar-refractivity contribution < 1.29 is 22.7 Å². The molecule has 0 radical (unpaired) electrons. The number of ether oxygens (including phenoxy) is 1. The highest BCUT2D eigenvalue weighted by Crippen LogP contribution is 2.21. The Morgan fingerprint density at radius 3 is 2.50 bits per heavy atom. The Bertz CT molecular complexity index is 470. The Hall–Kier alpha value is -2.18. The molecule has 0 saturated heterocycles. The van der Waals surface area contributed by atoms with E-state index in [4.69, 9.17) is 5.73 Å². The maximum Gasteiger partial charge on any atom is 0.454 e. The maximum atomic E-state index is 12.1. The van der Waals surface area contributed by atoms with Gasteiger partial charge in [0, 0.05) is 0 Å². The Balaban J connectivity index is 2.90. The van der Waals surface area contributed by atoms with Crippen molar-refractivity contribution in [3.05, 3.63) is 36.2 Å². The molecule has 7 heteroatoms. The highest BCUT2D eigenvalue weighted by molar-refractivity contribution is 5.95. The van der Waals surface area contributed by atoms with Gasteiger partial charge < -0.3 is 15.8 Å². The number of allylic oxidation sites excluding steroid dienone is 1. The molecule has 0 spiro atoms. The number of rotatable bonds is 4. The number of nitrogens with one attached hydrogen (secondary N) is 1. The molecule has 1 aromatic carbocycles. The summed E-state index contributed by atoms with van der Waals surface area (Å²) in [5.74, 6) is -2.35. The van der Waals surface area contributed by atoms with Crippen molar-refractivity contribution >= 4 is 17.2 Å². The molecule has 1 aromatic rings. The zero-order valence-corrected chi connectivity index (χ0v) is 9.41. The maximum absolute atomic E-state index is 12.1. The molecule has 1 rings (SSSR count). The highest BCUT2D eigenvalue weighted by Gasteiger charge is 2.37. The lowest BCUT2D eigenvalue weighted by molar-refractivity contribution is -0.165. The zero-order valence-electron chi connectivity index (χ0n) is 9.41. The Morgan fingerprint density at radius 2 is 2.00 bits per heavy atom. The quantitative estimate of drug-likeness (QED) is 0.495. The first-order chi connectivity index (χ1) is 8.34. The minimum absolute atomic E-state index is 0.319. The van der Waals surface area contributed by atoms with Gasteiger partial charge in [0.25, 0.3) is 5.78 Å². The molecular formula is C11H11F3N2O2. The molecule has 18 heavy (non-hydrogen) atoms. The molecule has 0 amide bonds. The second kappa shape index (κ2) is 5.44. The highest BCUT2D eigenvalue weighted by atomic mass is 19.4. The van der Waals surface area contributed by atoms with Crippen LogP contribution in [0.2, 0.25) is 0 Å². The molecule has 0 fully saturated rings. The molecule has 0 atom stereocenters. The predicted molar refractivity (Wildman–Crippen MR) is 60.6 cm³/mol. The van der Waals surface area contributed by atoms with Crippen molar-refractivity contribution in [1.29, 1.82) is 0 Å². The van der Waals surface area contributed by atoms with Crippen molar-refractivity contribution in [2.45, 2.75) is 6.18 Å². The van der Waals surface area contributed by atoms with E-state index in [1.165, 1.54) is 0 Å². The van der Waals surface area contributed by atoms with Crippen molar-refractivity contribution in [2.75, 3.05) is 18.2 Å². The molecular weight excluding hydrogens is 249 g/mol. The van der Waals surface area contributed by atoms with Gasteiger partial charge in [-0.05, 0) is 12.1 Å². The monoisotopic (exact) mass is 260 g/mol. The molecule has 3 N–H and O–H groups in total. The molecule has 0 aromatic heterocycles. The predicted octanol–water partition coefficient (Wildman–Crippen LogP) is 2.30. The second-order valence-electron chi connectivity index (χ2n) is 3.29. The molecule has 0 aliphatic heterocycles. The summed E-state index contributed by atoms with van der Waals surface area (Å²) in [6, 6.07) is 6.40. The van der Waals surface area contributed by atoms with Crippen LogP contribution in [0.25, 0.3) is 0 Å². The van der Waals surface area contributed by atoms with E-state index in [0.29, 0.717) is 17.5 Å². The molecule has 0 unspecified atom stereocenters. The van der Waals surface area contributed by atoms with E-state index in [1.807, 2.05) is 0 Å². The van der Waals surface area contributed by atoms with Gasteiger partial charge in [-0.3, -0.25) is 4.79 Å². The van der Waals surface area contributed by atoms with E-state index < -0.39 is 12.0 Å². The minimum Gasteiger partial charge on any atom is -0.482 e. The number of alkyl halides is 3. The number of carbonyl (C=O) groups excluding carboxylic acids is 1. The van der Waals surface area contributed by atoms with Crippen molar-refractivity contribution in [1.82, 2.24) is 0 Å². The van der Waals surface area contributed by atoms with Gasteiger partial charge in [0.05, 0.1) is 24.6 Å². The van der Waals surface area contributed by atoms with Crippen LogP contribution in [-0.2, 0) is 9.53 Å². The number of ketones is 1. The average Bonchev–Trinajstić information content (AvgIpc) is 2.29. The largest absolute Gasteiger partial charge is 0.482 e. The number of carbonyl (C=O) groups is 1. The standard InChI is InChI=1S/C11H11F3N2O2/c1-18-10(6-9(17)11(12,13)14)16-8-5-3-2-4-7(8)15/h2-6,16H,15H2,1H3/b10-6+. The summed E-state index contributed by atoms with van der Waals surface area (Å²) < 4.78 is 40.8. The van der Waals surface area contributed by atoms with Gasteiger partial charge in [0.1, 0.15) is 0 Å². The number of hydrogen-bond acceptors (Lipinski definition) is 4. The van der Waals surface area contributed by atoms with Gasteiger partial charge in [0.15, 0.2) is 5.88 Å². The van der Waals surface area contributed by atoms with E-state index in [1.54, 1.807) is 24.3 Å². The number of halogens is 3. The SMILES string of the molecule is CO/C(=C/C(=O)C(F)(F)F)Nc1ccccc1N. The molecule has 0 bridgehead atoms. The molecule has 4 nitrogen and oxygen atoms in total. The lowest BCUT2D eigenvalue weighted by atomic mass is 10.2. The summed E-state index contributed by atoms with van der Waals surface area (Å²) >= 11 is 0. The van der Waals surface area contributed by atoms with Gasteiger partial charge in [-0.2, -0.15) is 13.2 Å². The number of nitrogen functional groups attached to an aromatic ring is 1. The van der Waals surface area contributed by atoms with Crippen LogP contribution in [0.4, 0.5) is 24.5 Å². The van der Waals surface area contributed by atoms with Crippen LogP contribution in [0.15, 0.2) is 36.2 Å². The molecule has 0 saturated carbocycles. The number of benzene rings is 1. The van der Waals surface area contributed by atoms with Crippen molar-refractivity contribution in [2.24, 2.45) is 0 Å². The fourth-order valence-corrected chi connectivity index (χ4v) is 1.09. The fourth-order valence-electron chi connectivity index (χ4n) is 1.09. The van der Waals surface area contributed by atoms with Crippen LogP contribution in [0.5, 0.6) is 0 Å². The summed E-state index contributed by atoms with van der Waals surface area (Å²) in [6.07, 6.45) is -4.61. The summed E-state index contributed by atoms with van der Waals surface area (Å²) in [5, 5.41) is 2.49. The Kier molecular flexibility index (Phi) is 4.19. The third kappa shape index (κ3) is 3.69. The van der Waals surface area contributed by atoms with Crippen LogP contribution in [0.1, 0.15) is 0 Å². The average molecular weight is 260 g/mol. The smallest absolute Gasteiger partial charge is 0.454 e. The van der Waals surface area contributed by atoms with E-state index in [-0.39, 0.29) is 5.88 Å². The summed E-state index contributed by atoms with van der Waals surface area (Å²) in [5.41, 5.74) is 6.25. The summed E-state index contributed by atoms with van der Waals surface area (Å²) in [6.45, 7) is 0. The first-order valence-corrected chi connectivity index (χ1v) is 4.83. The lowest BCUT2D eigenvalue weighted by Gasteiger charge is -2.11. The van der Waals surface area contributed by atoms with Crippen molar-refractivity contribution in [3.63, 3.8) is 0 Å². The van der Waals surface area contributed by atoms with Crippen molar-refractivity contribution in [3.8, 4) is 0 Å². The van der Waals surface area contributed by atoms with Crippen LogP contribution in [-0.4, -0.2) is 19.1 Å². The molecule has 98 valence electrons. The second-order valence-corrected chi connectivity index (χ2v) is 3.29. The van der Waals surface area contributed by atoms with Gasteiger partial charge in [0.2, 0.25) is 0 Å². The third-order valence-electron chi connectivity index (χ3n) is 1.98. The van der Waals surface area contributed by atoms with Gasteiger partial charge in [-0.25, -0.2) is 0 Å². The zero-order chi connectivity index (χ0) is 13.8. The van der Waals surface area contributed by atoms with Gasteiger partial charge in [-0.1, -0.05) is 12.1 Å². The van der Waals surface area contributed by atoms with Crippen LogP contribution in [0, 0.1) is 0 Å². The fraction of sp³-hybridized carbons (Fsp3) is 0.182. The van der Waals surface area contributed by atoms with Gasteiger partial charge in [-0.15, -0.1) is 0 Å². The van der Waals surface area contributed by atoms with Crippen LogP contribution in [0.3, 0.4) is 0 Å². The lowest BCUT2D eigenvalue weighted by Crippen LogP contribution is -2.21. The summed E-state index contributed by atoms with van der Waals surface area (Å²) in [7, 11) is 1.14. The number of anilines is 2. The first kappa shape index (κ1) is 13.9. The van der Waals surface area contributed by atoms with E-state index in [9.17, 15) is 18.0 Å². The molecule has 0 aliphatic carbocycles. The number of nitrogens with two attached hydrogens (primary N) is 1. The van der Waals surface area contributed by atoms with E-state index in [2.05, 4.69) is 10.1 Å². The number of hydrogen-bond donors (Lipinski definition) is 2. The van der Waals surface area contributed by atoms with Crippen LogP contribution >= 0.6 is 0 Å². The third-order valence-corrected chi connectivity index (χ3v) is 1.98. The summed E-state index contributed by atoms with van der Waals surface area (Å²) in [4.78, 5) is 10.8. The molecule has 0 aliphatic rings. The Morgan fingerprint density at radius 1 is 1.39 bits per heavy atom. The Labute approximate surface area is 101 Å². The molecule has 0 heterocycles. The first-order valence-electron chi connectivity index (χ1n) is 4.83. The van der Waals surface area contributed by atoms with Crippen LogP contribution < -0.4 is 11.1 Å². The number of para-hydroxylation sites is 2. The normalized spacial score (nSPS) is 12.1. The van der Waals surface area contributed by atoms with E-state index in [0.717, 1.165) is 7.11 Å². The van der Waals surface area contributed by atoms with E-state index >= 15 is 0 Å². The number of methoxy groups -OCH3 is 1.